The van der Waals surface area contributed by atoms with Gasteiger partial charge in [0.25, 0.3) is 0 Å². The van der Waals surface area contributed by atoms with Crippen molar-refractivity contribution < 1.29 is 5.11 Å². The lowest BCUT2D eigenvalue weighted by molar-refractivity contribution is 0.249. The van der Waals surface area contributed by atoms with E-state index in [1.54, 1.807) is 6.33 Å². The van der Waals surface area contributed by atoms with Crippen LogP contribution >= 0.6 is 0 Å². The zero-order valence-corrected chi connectivity index (χ0v) is 8.06. The highest BCUT2D eigenvalue weighted by Crippen LogP contribution is 1.93. The Morgan fingerprint density at radius 1 is 1.69 bits per heavy atom. The summed E-state index contributed by atoms with van der Waals surface area (Å²) in [5.41, 5.74) is 0. The Morgan fingerprint density at radius 3 is 3.08 bits per heavy atom. The number of nitrogens with zero attached hydrogens (tertiary/aromatic N) is 3. The molecule has 0 aliphatic carbocycles. The van der Waals surface area contributed by atoms with Crippen LogP contribution in [0.1, 0.15) is 19.7 Å². The Morgan fingerprint density at radius 2 is 2.46 bits per heavy atom. The van der Waals surface area contributed by atoms with Gasteiger partial charge in [-0.3, -0.25) is 0 Å². The van der Waals surface area contributed by atoms with Crippen LogP contribution in [0.5, 0.6) is 0 Å². The van der Waals surface area contributed by atoms with Gasteiger partial charge in [-0.1, -0.05) is 0 Å². The molecule has 0 aliphatic rings. The molecule has 5 nitrogen and oxygen atoms in total. The van der Waals surface area contributed by atoms with Gasteiger partial charge in [-0.05, 0) is 13.8 Å². The fourth-order valence-corrected chi connectivity index (χ4v) is 1.02. The summed E-state index contributed by atoms with van der Waals surface area (Å²) in [4.78, 5) is 4.10. The average Bonchev–Trinajstić information content (AvgIpc) is 2.61. The minimum absolute atomic E-state index is 0.0991. The Balaban J connectivity index is 2.44. The van der Waals surface area contributed by atoms with E-state index in [4.69, 9.17) is 5.11 Å². The fraction of sp³-hybridized carbons (Fsp3) is 0.750. The molecule has 5 heteroatoms. The van der Waals surface area contributed by atoms with Crippen LogP contribution in [0, 0.1) is 0 Å². The molecule has 0 radical (unpaired) electrons. The Hall–Kier alpha value is -0.940. The van der Waals surface area contributed by atoms with E-state index in [0.29, 0.717) is 6.54 Å². The Bertz CT molecular complexity index is 248. The number of nitrogens with one attached hydrogen (secondary N) is 1. The molecule has 1 aromatic heterocycles. The quantitative estimate of drug-likeness (QED) is 0.663. The van der Waals surface area contributed by atoms with Crippen LogP contribution < -0.4 is 5.32 Å². The summed E-state index contributed by atoms with van der Waals surface area (Å²) in [6.45, 7) is 5.56. The van der Waals surface area contributed by atoms with Crippen LogP contribution in [-0.4, -0.2) is 32.5 Å². The van der Waals surface area contributed by atoms with E-state index in [2.05, 4.69) is 15.4 Å². The number of hydrogen-bond donors (Lipinski definition) is 2. The van der Waals surface area contributed by atoms with Crippen molar-refractivity contribution in [2.45, 2.75) is 33.0 Å². The number of hydrogen-bond acceptors (Lipinski definition) is 4. The van der Waals surface area contributed by atoms with Gasteiger partial charge < -0.3 is 10.4 Å². The molecular formula is C8H16N4O. The standard InChI is InChI=1S/C8H16N4O/c1-3-12-8(10-6-11-12)4-9-7(2)5-13/h6-7,9,13H,3-5H2,1-2H3. The smallest absolute Gasteiger partial charge is 0.140 e. The van der Waals surface area contributed by atoms with Gasteiger partial charge >= 0.3 is 0 Å². The summed E-state index contributed by atoms with van der Waals surface area (Å²) >= 11 is 0. The number of rotatable bonds is 5. The molecule has 1 aromatic rings. The lowest BCUT2D eigenvalue weighted by atomic mass is 10.3. The molecule has 0 spiro atoms. The highest BCUT2D eigenvalue weighted by Gasteiger charge is 2.04. The summed E-state index contributed by atoms with van der Waals surface area (Å²) in [6, 6.07) is 0.0991. The first kappa shape index (κ1) is 10.1. The van der Waals surface area contributed by atoms with Crippen LogP contribution in [0.2, 0.25) is 0 Å². The topological polar surface area (TPSA) is 63.0 Å². The van der Waals surface area contributed by atoms with Gasteiger partial charge in [0, 0.05) is 12.6 Å². The maximum absolute atomic E-state index is 8.78. The van der Waals surface area contributed by atoms with E-state index in [9.17, 15) is 0 Å². The van der Waals surface area contributed by atoms with Crippen LogP contribution in [0.25, 0.3) is 0 Å². The Kier molecular flexibility index (Phi) is 3.85. The second-order valence-electron chi connectivity index (χ2n) is 2.96. The van der Waals surface area contributed by atoms with Gasteiger partial charge in [0.05, 0.1) is 13.2 Å². The first-order valence-electron chi connectivity index (χ1n) is 4.48. The van der Waals surface area contributed by atoms with E-state index < -0.39 is 0 Å². The van der Waals surface area contributed by atoms with Crippen molar-refractivity contribution in [1.82, 2.24) is 20.1 Å². The predicted octanol–water partition coefficient (Wildman–Crippen LogP) is -0.232. The molecule has 13 heavy (non-hydrogen) atoms. The third-order valence-corrected chi connectivity index (χ3v) is 1.88. The summed E-state index contributed by atoms with van der Waals surface area (Å²) < 4.78 is 1.83. The van der Waals surface area contributed by atoms with Crippen LogP contribution in [0.15, 0.2) is 6.33 Å². The molecule has 0 fully saturated rings. The normalized spacial score (nSPS) is 13.2. The van der Waals surface area contributed by atoms with Gasteiger partial charge in [-0.2, -0.15) is 5.10 Å². The van der Waals surface area contributed by atoms with Crippen molar-refractivity contribution in [3.63, 3.8) is 0 Å². The van der Waals surface area contributed by atoms with E-state index >= 15 is 0 Å². The van der Waals surface area contributed by atoms with Crippen LogP contribution in [0.4, 0.5) is 0 Å². The SMILES string of the molecule is CCn1ncnc1CNC(C)CO. The molecule has 2 N–H and O–H groups in total. The molecule has 0 aromatic carbocycles. The van der Waals surface area contributed by atoms with E-state index in [0.717, 1.165) is 12.4 Å². The zero-order chi connectivity index (χ0) is 9.68. The molecule has 74 valence electrons. The molecular weight excluding hydrogens is 168 g/mol. The summed E-state index contributed by atoms with van der Waals surface area (Å²) in [5, 5.41) is 16.0. The summed E-state index contributed by atoms with van der Waals surface area (Å²) in [6.07, 6.45) is 1.55. The average molecular weight is 184 g/mol. The largest absolute Gasteiger partial charge is 0.395 e. The maximum Gasteiger partial charge on any atom is 0.140 e. The molecule has 1 atom stereocenters. The van der Waals surface area contributed by atoms with E-state index in [1.165, 1.54) is 0 Å². The lowest BCUT2D eigenvalue weighted by Crippen LogP contribution is -2.30. The monoisotopic (exact) mass is 184 g/mol. The van der Waals surface area contributed by atoms with Gasteiger partial charge in [0.15, 0.2) is 0 Å². The van der Waals surface area contributed by atoms with Crippen LogP contribution in [0.3, 0.4) is 0 Å². The number of aliphatic hydroxyl groups is 1. The highest BCUT2D eigenvalue weighted by atomic mass is 16.3. The lowest BCUT2D eigenvalue weighted by Gasteiger charge is -2.09. The molecule has 1 unspecified atom stereocenters. The Labute approximate surface area is 77.8 Å². The van der Waals surface area contributed by atoms with E-state index in [1.807, 2.05) is 18.5 Å². The van der Waals surface area contributed by atoms with Crippen molar-refractivity contribution in [1.29, 1.82) is 0 Å². The molecule has 0 saturated heterocycles. The number of aryl methyl sites for hydroxylation is 1. The molecule has 1 rings (SSSR count). The zero-order valence-electron chi connectivity index (χ0n) is 8.06. The van der Waals surface area contributed by atoms with E-state index in [-0.39, 0.29) is 12.6 Å². The number of aliphatic hydroxyl groups excluding tert-OH is 1. The molecule has 0 amide bonds. The first-order chi connectivity index (χ1) is 6.27. The summed E-state index contributed by atoms with van der Waals surface area (Å²) in [7, 11) is 0. The molecule has 1 heterocycles. The van der Waals surface area contributed by atoms with Gasteiger partial charge in [-0.15, -0.1) is 0 Å². The van der Waals surface area contributed by atoms with Crippen molar-refractivity contribution in [3.8, 4) is 0 Å². The summed E-state index contributed by atoms with van der Waals surface area (Å²) in [5.74, 6) is 0.905. The minimum Gasteiger partial charge on any atom is -0.395 e. The predicted molar refractivity (Wildman–Crippen MR) is 49.1 cm³/mol. The van der Waals surface area contributed by atoms with Crippen molar-refractivity contribution in [2.75, 3.05) is 6.61 Å². The van der Waals surface area contributed by atoms with Crippen molar-refractivity contribution >= 4 is 0 Å². The third-order valence-electron chi connectivity index (χ3n) is 1.88. The van der Waals surface area contributed by atoms with Crippen molar-refractivity contribution in [2.24, 2.45) is 0 Å². The van der Waals surface area contributed by atoms with Crippen LogP contribution in [-0.2, 0) is 13.1 Å². The fourth-order valence-electron chi connectivity index (χ4n) is 1.02. The molecule has 0 bridgehead atoms. The van der Waals surface area contributed by atoms with Gasteiger partial charge in [-0.25, -0.2) is 9.67 Å². The molecule has 0 saturated carbocycles. The second kappa shape index (κ2) is 4.94. The highest BCUT2D eigenvalue weighted by molar-refractivity contribution is 4.83. The molecule has 0 aliphatic heterocycles. The van der Waals surface area contributed by atoms with Gasteiger partial charge in [0.1, 0.15) is 12.2 Å². The maximum atomic E-state index is 8.78. The van der Waals surface area contributed by atoms with Crippen molar-refractivity contribution in [3.05, 3.63) is 12.2 Å². The van der Waals surface area contributed by atoms with Gasteiger partial charge in [0.2, 0.25) is 0 Å². The second-order valence-corrected chi connectivity index (χ2v) is 2.96. The minimum atomic E-state index is 0.0991. The number of aromatic nitrogens is 3. The third kappa shape index (κ3) is 2.78. The first-order valence-corrected chi connectivity index (χ1v) is 4.48.